The van der Waals surface area contributed by atoms with Gasteiger partial charge in [-0.05, 0) is 29.8 Å². The number of aryl methyl sites for hydroxylation is 1. The average molecular weight is 428 g/mol. The number of methoxy groups -OCH3 is 1. The van der Waals surface area contributed by atoms with Crippen molar-refractivity contribution in [2.75, 3.05) is 33.4 Å². The fourth-order valence-electron chi connectivity index (χ4n) is 4.99. The minimum Gasteiger partial charge on any atom is -0.497 e. The monoisotopic (exact) mass is 427 g/mol. The van der Waals surface area contributed by atoms with Gasteiger partial charge in [0.05, 0.1) is 30.2 Å². The molecule has 5 rings (SSSR count). The fraction of sp³-hybridized carbons (Fsp3) is 0.364. The number of fused-ring (bicyclic) bond motifs is 4. The van der Waals surface area contributed by atoms with Crippen molar-refractivity contribution >= 4 is 20.9 Å². The molecule has 30 heavy (non-hydrogen) atoms. The van der Waals surface area contributed by atoms with Gasteiger partial charge in [0.1, 0.15) is 5.75 Å². The van der Waals surface area contributed by atoms with Gasteiger partial charge in [-0.25, -0.2) is 8.42 Å². The van der Waals surface area contributed by atoms with E-state index in [0.717, 1.165) is 27.9 Å². The van der Waals surface area contributed by atoms with E-state index in [9.17, 15) is 13.5 Å². The van der Waals surface area contributed by atoms with E-state index in [1.165, 1.54) is 0 Å². The van der Waals surface area contributed by atoms with Gasteiger partial charge in [-0.15, -0.1) is 0 Å². The van der Waals surface area contributed by atoms with Crippen LogP contribution in [-0.4, -0.2) is 55.7 Å². The van der Waals surface area contributed by atoms with Crippen LogP contribution in [0.3, 0.4) is 0 Å². The maximum atomic E-state index is 13.1. The first-order chi connectivity index (χ1) is 14.4. The second-order valence-corrected chi connectivity index (χ2v) is 10.1. The van der Waals surface area contributed by atoms with E-state index in [1.807, 2.05) is 31.3 Å². The number of ether oxygens (including phenoxy) is 1. The Morgan fingerprint density at radius 2 is 1.93 bits per heavy atom. The van der Waals surface area contributed by atoms with Crippen LogP contribution in [0.2, 0.25) is 0 Å². The topological polar surface area (TPSA) is 83.8 Å². The molecule has 1 fully saturated rings. The first-order valence-corrected chi connectivity index (χ1v) is 11.4. The van der Waals surface area contributed by atoms with Gasteiger partial charge in [-0.3, -0.25) is 0 Å². The molecular formula is C22H25N3O4S. The van der Waals surface area contributed by atoms with Crippen molar-refractivity contribution in [3.05, 3.63) is 59.8 Å². The number of sulfonamides is 1. The lowest BCUT2D eigenvalue weighted by Crippen LogP contribution is -2.67. The Hall–Kier alpha value is -2.39. The predicted molar refractivity (Wildman–Crippen MR) is 114 cm³/mol. The number of benzene rings is 2. The van der Waals surface area contributed by atoms with E-state index in [2.05, 4.69) is 9.88 Å². The molecule has 0 unspecified atom stereocenters. The van der Waals surface area contributed by atoms with Crippen LogP contribution in [0.1, 0.15) is 17.3 Å². The summed E-state index contributed by atoms with van der Waals surface area (Å²) in [6.07, 6.45) is 0. The van der Waals surface area contributed by atoms with Crippen LogP contribution in [0.15, 0.2) is 53.4 Å². The van der Waals surface area contributed by atoms with Crippen molar-refractivity contribution in [2.45, 2.75) is 16.4 Å². The Morgan fingerprint density at radius 3 is 2.60 bits per heavy atom. The third-order valence-corrected chi connectivity index (χ3v) is 8.33. The van der Waals surface area contributed by atoms with Gasteiger partial charge in [0.2, 0.25) is 10.0 Å². The number of rotatable bonds is 4. The van der Waals surface area contributed by atoms with E-state index in [0.29, 0.717) is 24.5 Å². The standard InChI is InChI=1S/C22H25N3O4S/c1-24-19-10-15(29-2)8-9-17(19)20-21(24)18(11-26)23-12-22(20)13-25(14-22)30(27,28)16-6-4-3-5-7-16/h3-10,18,23,26H,11-14H2,1-2H3/t18-/m1/s1. The van der Waals surface area contributed by atoms with Crippen molar-refractivity contribution in [1.82, 2.24) is 14.2 Å². The summed E-state index contributed by atoms with van der Waals surface area (Å²) in [5, 5.41) is 14.5. The molecule has 2 aliphatic rings. The molecule has 1 spiro atoms. The zero-order chi connectivity index (χ0) is 21.1. The highest BCUT2D eigenvalue weighted by Gasteiger charge is 2.54. The average Bonchev–Trinajstić information content (AvgIpc) is 3.05. The minimum atomic E-state index is -3.53. The second kappa shape index (κ2) is 6.81. The van der Waals surface area contributed by atoms with Crippen molar-refractivity contribution < 1.29 is 18.3 Å². The summed E-state index contributed by atoms with van der Waals surface area (Å²) in [5.41, 5.74) is 2.85. The summed E-state index contributed by atoms with van der Waals surface area (Å²) in [4.78, 5) is 0.319. The van der Waals surface area contributed by atoms with E-state index in [1.54, 1.807) is 35.7 Å². The van der Waals surface area contributed by atoms with Crippen LogP contribution in [0, 0.1) is 0 Å². The molecule has 3 aromatic rings. The number of aliphatic hydroxyl groups excluding tert-OH is 1. The van der Waals surface area contributed by atoms with Crippen molar-refractivity contribution in [3.63, 3.8) is 0 Å². The highest BCUT2D eigenvalue weighted by atomic mass is 32.2. The SMILES string of the molecule is COc1ccc2c3c(n(C)c2c1)[C@@H](CO)NCC31CN(S(=O)(=O)c2ccccc2)C1. The van der Waals surface area contributed by atoms with Gasteiger partial charge in [-0.1, -0.05) is 18.2 Å². The van der Waals surface area contributed by atoms with Gasteiger partial charge in [0.25, 0.3) is 0 Å². The lowest BCUT2D eigenvalue weighted by molar-refractivity contribution is 0.121. The number of aromatic nitrogens is 1. The summed E-state index contributed by atoms with van der Waals surface area (Å²) in [6.45, 7) is 1.43. The number of hydrogen-bond acceptors (Lipinski definition) is 5. The third kappa shape index (κ3) is 2.64. The molecular weight excluding hydrogens is 402 g/mol. The smallest absolute Gasteiger partial charge is 0.243 e. The molecule has 0 bridgehead atoms. The first-order valence-electron chi connectivity index (χ1n) is 9.97. The second-order valence-electron chi connectivity index (χ2n) is 8.18. The Balaban J connectivity index is 1.59. The van der Waals surface area contributed by atoms with Crippen LogP contribution < -0.4 is 10.1 Å². The summed E-state index contributed by atoms with van der Waals surface area (Å²) < 4.78 is 35.2. The summed E-state index contributed by atoms with van der Waals surface area (Å²) in [6, 6.07) is 14.4. The van der Waals surface area contributed by atoms with Gasteiger partial charge in [0.15, 0.2) is 0 Å². The molecule has 0 saturated carbocycles. The Labute approximate surface area is 175 Å². The van der Waals surface area contributed by atoms with Crippen molar-refractivity contribution in [2.24, 2.45) is 7.05 Å². The molecule has 0 radical (unpaired) electrons. The number of nitrogens with one attached hydrogen (secondary N) is 1. The number of nitrogens with zero attached hydrogens (tertiary/aromatic N) is 2. The summed E-state index contributed by atoms with van der Waals surface area (Å²) >= 11 is 0. The molecule has 2 aromatic carbocycles. The molecule has 3 heterocycles. The maximum absolute atomic E-state index is 13.1. The Morgan fingerprint density at radius 1 is 1.20 bits per heavy atom. The first kappa shape index (κ1) is 19.6. The predicted octanol–water partition coefficient (Wildman–Crippen LogP) is 1.77. The largest absolute Gasteiger partial charge is 0.497 e. The molecule has 2 aliphatic heterocycles. The number of hydrogen-bond donors (Lipinski definition) is 2. The van der Waals surface area contributed by atoms with Crippen molar-refractivity contribution in [1.29, 1.82) is 0 Å². The van der Waals surface area contributed by atoms with Crippen molar-refractivity contribution in [3.8, 4) is 5.75 Å². The van der Waals surface area contributed by atoms with Gasteiger partial charge in [-0.2, -0.15) is 4.31 Å². The van der Waals surface area contributed by atoms with Crippen LogP contribution in [0.4, 0.5) is 0 Å². The van der Waals surface area contributed by atoms with Crippen LogP contribution in [-0.2, 0) is 22.5 Å². The lowest BCUT2D eigenvalue weighted by Gasteiger charge is -2.52. The summed E-state index contributed by atoms with van der Waals surface area (Å²) in [5.74, 6) is 0.768. The normalized spacial score (nSPS) is 20.8. The molecule has 158 valence electrons. The Kier molecular flexibility index (Phi) is 4.44. The maximum Gasteiger partial charge on any atom is 0.243 e. The minimum absolute atomic E-state index is 0.0175. The molecule has 1 saturated heterocycles. The van der Waals surface area contributed by atoms with E-state index in [4.69, 9.17) is 4.74 Å². The molecule has 0 amide bonds. The molecule has 8 heteroatoms. The summed E-state index contributed by atoms with van der Waals surface area (Å²) in [7, 11) is 0.101. The van der Waals surface area contributed by atoms with Crippen LogP contribution in [0.5, 0.6) is 5.75 Å². The highest BCUT2D eigenvalue weighted by Crippen LogP contribution is 2.47. The van der Waals surface area contributed by atoms with E-state index >= 15 is 0 Å². The van der Waals surface area contributed by atoms with Crippen LogP contribution >= 0.6 is 0 Å². The quantitative estimate of drug-likeness (QED) is 0.663. The molecule has 1 aromatic heterocycles. The Bertz CT molecular complexity index is 1210. The zero-order valence-electron chi connectivity index (χ0n) is 17.0. The molecule has 0 aliphatic carbocycles. The molecule has 1 atom stereocenters. The zero-order valence-corrected chi connectivity index (χ0v) is 17.8. The highest BCUT2D eigenvalue weighted by molar-refractivity contribution is 7.89. The van der Waals surface area contributed by atoms with Gasteiger partial charge in [0, 0.05) is 49.2 Å². The van der Waals surface area contributed by atoms with Crippen LogP contribution in [0.25, 0.3) is 10.9 Å². The fourth-order valence-corrected chi connectivity index (χ4v) is 6.63. The molecule has 2 N–H and O–H groups in total. The number of aliphatic hydroxyl groups is 1. The van der Waals surface area contributed by atoms with Gasteiger partial charge < -0.3 is 19.7 Å². The van der Waals surface area contributed by atoms with Gasteiger partial charge >= 0.3 is 0 Å². The van der Waals surface area contributed by atoms with E-state index in [-0.39, 0.29) is 18.1 Å². The van der Waals surface area contributed by atoms with E-state index < -0.39 is 10.0 Å². The third-order valence-electron chi connectivity index (χ3n) is 6.52. The lowest BCUT2D eigenvalue weighted by atomic mass is 9.70. The molecule has 7 nitrogen and oxygen atoms in total.